The number of pyridine rings is 1. The largest absolute Gasteiger partial charge is 1.00 e. The molecule has 0 unspecified atom stereocenters. The van der Waals surface area contributed by atoms with E-state index in [2.05, 4.69) is 63.4 Å². The SMILES string of the molecule is Brc1c[c]([Zr+2][C]2=CC=CC2)[nH]c2cccc1-2.[Cl-].[Cl-]. The van der Waals surface area contributed by atoms with E-state index in [1.165, 1.54) is 19.1 Å². The standard InChI is InChI=1S/C8H5BrN.C5H5.2ClH.Zr/c9-7-4-5-10-8-3-1-2-6(7)8;1-2-4-5-3-1;;;/h1-4,10H;1-3H,4H2;2*1H;/q;;;;+2/p-2. The van der Waals surface area contributed by atoms with E-state index in [-0.39, 0.29) is 24.8 Å². The van der Waals surface area contributed by atoms with Gasteiger partial charge in [0.25, 0.3) is 0 Å². The number of fused-ring (bicyclic) bond motifs is 1. The molecule has 0 atom stereocenters. The van der Waals surface area contributed by atoms with E-state index in [1.807, 2.05) is 0 Å². The first-order chi connectivity index (χ1) is 7.83. The van der Waals surface area contributed by atoms with Crippen molar-refractivity contribution in [2.75, 3.05) is 0 Å². The summed E-state index contributed by atoms with van der Waals surface area (Å²) in [6.45, 7) is 0. The van der Waals surface area contributed by atoms with Gasteiger partial charge >= 0.3 is 115 Å². The van der Waals surface area contributed by atoms with Crippen molar-refractivity contribution in [2.45, 2.75) is 6.42 Å². The van der Waals surface area contributed by atoms with E-state index < -0.39 is 23.2 Å². The Morgan fingerprint density at radius 3 is 2.78 bits per heavy atom. The van der Waals surface area contributed by atoms with Crippen LogP contribution in [0.15, 0.2) is 50.2 Å². The first-order valence-corrected chi connectivity index (χ1v) is 8.48. The Morgan fingerprint density at radius 2 is 2.06 bits per heavy atom. The zero-order chi connectivity index (χ0) is 11.0. The zero-order valence-electron chi connectivity index (χ0n) is 9.38. The van der Waals surface area contributed by atoms with Gasteiger partial charge in [0.15, 0.2) is 0 Å². The topological polar surface area (TPSA) is 15.8 Å². The fourth-order valence-corrected chi connectivity index (χ4v) is 5.85. The van der Waals surface area contributed by atoms with Crippen LogP contribution >= 0.6 is 15.9 Å². The minimum atomic E-state index is -0.605. The Morgan fingerprint density at radius 1 is 1.22 bits per heavy atom. The summed E-state index contributed by atoms with van der Waals surface area (Å²) in [7, 11) is 0. The Labute approximate surface area is 139 Å². The summed E-state index contributed by atoms with van der Waals surface area (Å²) in [6, 6.07) is 8.64. The molecule has 1 nitrogen and oxygen atoms in total. The fraction of sp³-hybridized carbons (Fsp3) is 0.0769. The molecule has 0 aromatic heterocycles. The van der Waals surface area contributed by atoms with Gasteiger partial charge in [0, 0.05) is 0 Å². The second-order valence-electron chi connectivity index (χ2n) is 3.83. The molecule has 2 aliphatic carbocycles. The number of aromatic nitrogens is 1. The van der Waals surface area contributed by atoms with Gasteiger partial charge in [0.1, 0.15) is 0 Å². The summed E-state index contributed by atoms with van der Waals surface area (Å²) in [6.07, 6.45) is 7.86. The van der Waals surface area contributed by atoms with Crippen molar-refractivity contribution in [3.8, 4) is 11.3 Å². The maximum absolute atomic E-state index is 3.65. The van der Waals surface area contributed by atoms with Gasteiger partial charge in [-0.1, -0.05) is 0 Å². The van der Waals surface area contributed by atoms with Gasteiger partial charge in [-0.3, -0.25) is 0 Å². The molecule has 3 aliphatic rings. The third kappa shape index (κ3) is 3.39. The summed E-state index contributed by atoms with van der Waals surface area (Å²) in [5, 5.41) is 0. The van der Waals surface area contributed by atoms with Crippen LogP contribution in [0.25, 0.3) is 11.3 Å². The average molecular weight is 422 g/mol. The van der Waals surface area contributed by atoms with Crippen LogP contribution in [-0.4, -0.2) is 4.98 Å². The normalized spacial score (nSPS) is 12.6. The molecule has 0 amide bonds. The van der Waals surface area contributed by atoms with Gasteiger partial charge in [-0.25, -0.2) is 0 Å². The van der Waals surface area contributed by atoms with Crippen molar-refractivity contribution in [3.05, 3.63) is 50.2 Å². The second-order valence-corrected chi connectivity index (χ2v) is 8.20. The molecule has 0 fully saturated rings. The van der Waals surface area contributed by atoms with E-state index in [9.17, 15) is 0 Å². The molecule has 5 heteroatoms. The van der Waals surface area contributed by atoms with Crippen molar-refractivity contribution in [1.82, 2.24) is 4.98 Å². The summed E-state index contributed by atoms with van der Waals surface area (Å²) in [4.78, 5) is 3.55. The van der Waals surface area contributed by atoms with E-state index in [4.69, 9.17) is 0 Å². The Balaban J connectivity index is 0.000000810. The van der Waals surface area contributed by atoms with Gasteiger partial charge in [-0.2, -0.15) is 0 Å². The molecule has 0 radical (unpaired) electrons. The minimum Gasteiger partial charge on any atom is -1.00 e. The molecule has 0 aromatic carbocycles. The monoisotopic (exact) mass is 419 g/mol. The number of allylic oxidation sites excluding steroid dienone is 4. The van der Waals surface area contributed by atoms with Crippen LogP contribution < -0.4 is 28.2 Å². The van der Waals surface area contributed by atoms with Crippen LogP contribution in [0, 0.1) is 0 Å². The summed E-state index contributed by atoms with van der Waals surface area (Å²) in [5.74, 6) is 0. The number of aromatic amines is 1. The van der Waals surface area contributed by atoms with Gasteiger partial charge < -0.3 is 24.8 Å². The van der Waals surface area contributed by atoms with Gasteiger partial charge in [-0.15, -0.1) is 0 Å². The number of H-pyrrole nitrogens is 1. The average Bonchev–Trinajstić information content (AvgIpc) is 2.87. The molecule has 0 saturated heterocycles. The summed E-state index contributed by atoms with van der Waals surface area (Å²) < 4.78 is 4.29. The molecule has 1 aliphatic heterocycles. The fourth-order valence-electron chi connectivity index (χ4n) is 1.90. The molecule has 0 bridgehead atoms. The molecule has 1 heterocycles. The Bertz CT molecular complexity index is 562. The maximum Gasteiger partial charge on any atom is -1.00 e. The zero-order valence-corrected chi connectivity index (χ0v) is 14.9. The van der Waals surface area contributed by atoms with Crippen LogP contribution in [0.5, 0.6) is 0 Å². The van der Waals surface area contributed by atoms with Gasteiger partial charge in [0.2, 0.25) is 0 Å². The molecule has 92 valence electrons. The van der Waals surface area contributed by atoms with Crippen LogP contribution in [0.4, 0.5) is 0 Å². The Kier molecular flexibility index (Phi) is 6.40. The molecular weight excluding hydrogens is 412 g/mol. The third-order valence-corrected chi connectivity index (χ3v) is 6.36. The molecule has 0 spiro atoms. The smallest absolute Gasteiger partial charge is 1.00 e. The first-order valence-electron chi connectivity index (χ1n) is 5.23. The van der Waals surface area contributed by atoms with Gasteiger partial charge in [-0.05, 0) is 0 Å². The van der Waals surface area contributed by atoms with Crippen LogP contribution in [0.2, 0.25) is 0 Å². The van der Waals surface area contributed by atoms with E-state index in [1.54, 1.807) is 3.28 Å². The molecule has 0 aromatic rings. The minimum absolute atomic E-state index is 0. The number of rotatable bonds is 2. The van der Waals surface area contributed by atoms with Crippen molar-refractivity contribution in [1.29, 1.82) is 0 Å². The third-order valence-electron chi connectivity index (χ3n) is 2.68. The number of nitrogens with one attached hydrogen (secondary N) is 1. The van der Waals surface area contributed by atoms with Crippen molar-refractivity contribution < 1.29 is 48.0 Å². The molecular formula is C13H10BrCl2NZr. The van der Waals surface area contributed by atoms with Crippen molar-refractivity contribution >= 4 is 19.3 Å². The molecule has 3 rings (SSSR count). The molecule has 18 heavy (non-hydrogen) atoms. The van der Waals surface area contributed by atoms with E-state index in [0.717, 1.165) is 6.42 Å². The second kappa shape index (κ2) is 7.10. The predicted molar refractivity (Wildman–Crippen MR) is 66.6 cm³/mol. The number of halogens is 3. The Hall–Kier alpha value is 0.183. The number of hydrogen-bond acceptors (Lipinski definition) is 0. The maximum atomic E-state index is 3.65. The van der Waals surface area contributed by atoms with E-state index >= 15 is 0 Å². The predicted octanol–water partition coefficient (Wildman–Crippen LogP) is -2.56. The number of hydrogen-bond donors (Lipinski definition) is 1. The van der Waals surface area contributed by atoms with Gasteiger partial charge in [0.05, 0.1) is 0 Å². The van der Waals surface area contributed by atoms with Crippen molar-refractivity contribution in [3.63, 3.8) is 0 Å². The van der Waals surface area contributed by atoms with Crippen molar-refractivity contribution in [2.24, 2.45) is 0 Å². The quantitative estimate of drug-likeness (QED) is 0.549. The van der Waals surface area contributed by atoms with Crippen LogP contribution in [0.3, 0.4) is 0 Å². The van der Waals surface area contributed by atoms with E-state index in [0.29, 0.717) is 0 Å². The van der Waals surface area contributed by atoms with Crippen LogP contribution in [0.1, 0.15) is 6.42 Å². The first kappa shape index (κ1) is 16.2. The summed E-state index contributed by atoms with van der Waals surface area (Å²) in [5.41, 5.74) is 2.53. The molecule has 0 saturated carbocycles. The molecule has 1 N–H and O–H groups in total. The summed E-state index contributed by atoms with van der Waals surface area (Å²) >= 11 is 3.04. The van der Waals surface area contributed by atoms with Crippen LogP contribution in [-0.2, 0) is 23.2 Å².